The number of rotatable bonds is 6. The van der Waals surface area contributed by atoms with Gasteiger partial charge in [0.15, 0.2) is 0 Å². The first-order valence-corrected chi connectivity index (χ1v) is 13.6. The summed E-state index contributed by atoms with van der Waals surface area (Å²) in [6, 6.07) is 21.7. The molecule has 4 nitrogen and oxygen atoms in total. The molecule has 1 aliphatic heterocycles. The van der Waals surface area contributed by atoms with Crippen LogP contribution in [0.4, 0.5) is 4.79 Å². The van der Waals surface area contributed by atoms with Crippen LogP contribution in [0, 0.1) is 10.7 Å². The summed E-state index contributed by atoms with van der Waals surface area (Å²) < 4.78 is 9.23. The number of amides is 2. The molecule has 2 amide bonds. The molecule has 3 aromatic rings. The minimum Gasteiger partial charge on any atom is -0.487 e. The van der Waals surface area contributed by atoms with Crippen LogP contribution in [-0.2, 0) is 17.9 Å². The topological polar surface area (TPSA) is 46.6 Å². The Hall–Kier alpha value is -1.12. The molecule has 32 heavy (non-hydrogen) atoms. The summed E-state index contributed by atoms with van der Waals surface area (Å²) in [5.41, 5.74) is 2.77. The molecule has 0 unspecified atom stereocenters. The van der Waals surface area contributed by atoms with Crippen molar-refractivity contribution >= 4 is 96.8 Å². The lowest BCUT2D eigenvalue weighted by Crippen LogP contribution is -2.27. The summed E-state index contributed by atoms with van der Waals surface area (Å²) in [5, 5.41) is -0.258. The number of nitrogens with zero attached hydrogens (tertiary/aromatic N) is 1. The number of imide groups is 1. The zero-order chi connectivity index (χ0) is 22.7. The van der Waals surface area contributed by atoms with E-state index in [9.17, 15) is 9.59 Å². The number of halogens is 3. The highest BCUT2D eigenvalue weighted by molar-refractivity contribution is 14.1. The Labute approximate surface area is 231 Å². The van der Waals surface area contributed by atoms with E-state index in [4.69, 9.17) is 4.74 Å². The molecular weight excluding hydrogens is 763 g/mol. The van der Waals surface area contributed by atoms with Gasteiger partial charge in [0.05, 0.1) is 15.0 Å². The number of hydrogen-bond acceptors (Lipinski definition) is 4. The summed E-state index contributed by atoms with van der Waals surface area (Å²) in [7, 11) is 0. The molecular formula is C24H16I3NO3S. The van der Waals surface area contributed by atoms with Crippen molar-refractivity contribution in [2.24, 2.45) is 0 Å². The molecule has 4 rings (SSSR count). The van der Waals surface area contributed by atoms with Crippen LogP contribution in [0.3, 0.4) is 0 Å². The van der Waals surface area contributed by atoms with Gasteiger partial charge in [0.1, 0.15) is 12.4 Å². The maximum absolute atomic E-state index is 13.0. The summed E-state index contributed by atoms with van der Waals surface area (Å²) in [6.07, 6.45) is 1.77. The highest BCUT2D eigenvalue weighted by atomic mass is 127. The molecule has 162 valence electrons. The Kier molecular flexibility index (Phi) is 8.16. The quantitative estimate of drug-likeness (QED) is 0.195. The van der Waals surface area contributed by atoms with Gasteiger partial charge in [-0.15, -0.1) is 0 Å². The number of hydrogen-bond donors (Lipinski definition) is 0. The monoisotopic (exact) mass is 779 g/mol. The second-order valence-corrected chi connectivity index (χ2v) is 11.6. The number of carbonyl (C=O) groups excluding carboxylic acids is 2. The summed E-state index contributed by atoms with van der Waals surface area (Å²) in [4.78, 5) is 27.3. The molecule has 0 aliphatic carbocycles. The minimum atomic E-state index is -0.276. The predicted molar refractivity (Wildman–Crippen MR) is 153 cm³/mol. The van der Waals surface area contributed by atoms with Gasteiger partial charge in [0, 0.05) is 12.7 Å². The van der Waals surface area contributed by atoms with Gasteiger partial charge in [0.25, 0.3) is 11.1 Å². The lowest BCUT2D eigenvalue weighted by molar-refractivity contribution is -0.123. The third kappa shape index (κ3) is 5.86. The minimum absolute atomic E-state index is 0.258. The van der Waals surface area contributed by atoms with Gasteiger partial charge in [-0.1, -0.05) is 42.5 Å². The smallest absolute Gasteiger partial charge is 0.293 e. The maximum Gasteiger partial charge on any atom is 0.293 e. The highest BCUT2D eigenvalue weighted by Gasteiger charge is 2.35. The van der Waals surface area contributed by atoms with E-state index < -0.39 is 0 Å². The first-order valence-electron chi connectivity index (χ1n) is 9.56. The fourth-order valence-corrected chi connectivity index (χ4v) is 6.35. The number of thioether (sulfide) groups is 1. The Bertz CT molecular complexity index is 1200. The molecule has 8 heteroatoms. The molecule has 1 heterocycles. The molecule has 0 radical (unpaired) electrons. The van der Waals surface area contributed by atoms with E-state index >= 15 is 0 Å². The molecule has 0 atom stereocenters. The van der Waals surface area contributed by atoms with E-state index in [0.29, 0.717) is 17.3 Å². The zero-order valence-electron chi connectivity index (χ0n) is 16.6. The van der Waals surface area contributed by atoms with Crippen molar-refractivity contribution in [3.63, 3.8) is 0 Å². The van der Waals surface area contributed by atoms with E-state index in [1.165, 1.54) is 4.90 Å². The van der Waals surface area contributed by atoms with Crippen LogP contribution in [-0.4, -0.2) is 16.0 Å². The van der Waals surface area contributed by atoms with E-state index in [1.54, 1.807) is 6.08 Å². The third-order valence-corrected chi connectivity index (χ3v) is 7.73. The average Bonchev–Trinajstić information content (AvgIpc) is 3.02. The Balaban J connectivity index is 1.59. The fourth-order valence-electron chi connectivity index (χ4n) is 3.12. The van der Waals surface area contributed by atoms with E-state index in [0.717, 1.165) is 39.2 Å². The van der Waals surface area contributed by atoms with Crippen LogP contribution < -0.4 is 4.74 Å². The zero-order valence-corrected chi connectivity index (χ0v) is 23.8. The Morgan fingerprint density at radius 2 is 1.59 bits per heavy atom. The molecule has 1 aliphatic rings. The van der Waals surface area contributed by atoms with Crippen LogP contribution in [0.1, 0.15) is 16.7 Å². The fraction of sp³-hybridized carbons (Fsp3) is 0.0833. The van der Waals surface area contributed by atoms with Crippen LogP contribution in [0.15, 0.2) is 71.6 Å². The molecule has 0 bridgehead atoms. The van der Waals surface area contributed by atoms with Crippen molar-refractivity contribution < 1.29 is 14.3 Å². The van der Waals surface area contributed by atoms with Gasteiger partial charge in [0.2, 0.25) is 0 Å². The van der Waals surface area contributed by atoms with Crippen molar-refractivity contribution in [3.05, 3.63) is 99.0 Å². The first kappa shape index (κ1) is 24.0. The number of benzene rings is 3. The SMILES string of the molecule is O=C1S/C(=C/c2cc(I)cc(I)c2OCc2ccccc2)C(=O)N1Cc1ccc(I)cc1. The second-order valence-electron chi connectivity index (χ2n) is 6.97. The Morgan fingerprint density at radius 3 is 2.31 bits per heavy atom. The standard InChI is InChI=1S/C24H16I3NO3S/c25-18-8-6-15(7-9-18)13-28-23(29)21(32-24(28)30)11-17-10-19(26)12-20(27)22(17)31-14-16-4-2-1-3-5-16/h1-12H,13-14H2/b21-11+. The van der Waals surface area contributed by atoms with E-state index in [1.807, 2.05) is 66.7 Å². The van der Waals surface area contributed by atoms with Crippen molar-refractivity contribution in [2.75, 3.05) is 0 Å². The molecule has 0 N–H and O–H groups in total. The largest absolute Gasteiger partial charge is 0.487 e. The highest BCUT2D eigenvalue weighted by Crippen LogP contribution is 2.37. The molecule has 0 aromatic heterocycles. The van der Waals surface area contributed by atoms with Gasteiger partial charge in [-0.2, -0.15) is 0 Å². The second kappa shape index (κ2) is 10.9. The van der Waals surface area contributed by atoms with Gasteiger partial charge in [-0.25, -0.2) is 0 Å². The van der Waals surface area contributed by atoms with Crippen LogP contribution >= 0.6 is 79.5 Å². The van der Waals surface area contributed by atoms with Gasteiger partial charge < -0.3 is 4.74 Å². The average molecular weight is 779 g/mol. The normalized spacial score (nSPS) is 15.0. The molecule has 0 spiro atoms. The molecule has 0 saturated carbocycles. The van der Waals surface area contributed by atoms with Crippen molar-refractivity contribution in [1.29, 1.82) is 0 Å². The lowest BCUT2D eigenvalue weighted by atomic mass is 10.1. The molecule has 1 saturated heterocycles. The van der Waals surface area contributed by atoms with Crippen molar-refractivity contribution in [2.45, 2.75) is 13.2 Å². The summed E-state index contributed by atoms with van der Waals surface area (Å²) >= 11 is 7.69. The van der Waals surface area contributed by atoms with Gasteiger partial charge in [-0.3, -0.25) is 14.5 Å². The van der Waals surface area contributed by atoms with Crippen LogP contribution in [0.25, 0.3) is 6.08 Å². The van der Waals surface area contributed by atoms with Gasteiger partial charge in [-0.05, 0) is 121 Å². The molecule has 1 fully saturated rings. The predicted octanol–water partition coefficient (Wildman–Crippen LogP) is 7.32. The third-order valence-electron chi connectivity index (χ3n) is 4.68. The van der Waals surface area contributed by atoms with E-state index in [2.05, 4.69) is 67.8 Å². The van der Waals surface area contributed by atoms with Crippen molar-refractivity contribution in [1.82, 2.24) is 4.90 Å². The Morgan fingerprint density at radius 1 is 0.875 bits per heavy atom. The van der Waals surface area contributed by atoms with Crippen LogP contribution in [0.5, 0.6) is 5.75 Å². The summed E-state index contributed by atoms with van der Waals surface area (Å²) in [5.74, 6) is 0.431. The maximum atomic E-state index is 13.0. The van der Waals surface area contributed by atoms with Crippen LogP contribution in [0.2, 0.25) is 0 Å². The number of carbonyl (C=O) groups is 2. The number of ether oxygens (including phenoxy) is 1. The molecule has 3 aromatic carbocycles. The van der Waals surface area contributed by atoms with Gasteiger partial charge >= 0.3 is 0 Å². The summed E-state index contributed by atoms with van der Waals surface area (Å²) in [6.45, 7) is 0.687. The van der Waals surface area contributed by atoms with Crippen molar-refractivity contribution in [3.8, 4) is 5.75 Å². The first-order chi connectivity index (χ1) is 15.4. The van der Waals surface area contributed by atoms with E-state index in [-0.39, 0.29) is 17.7 Å². The lowest BCUT2D eigenvalue weighted by Gasteiger charge is -2.13.